The number of imidazole rings is 4. The summed E-state index contributed by atoms with van der Waals surface area (Å²) < 4.78 is 16.1. The monoisotopic (exact) mass is 1590 g/mol. The number of hydrogen-bond donors (Lipinski definition) is 1. The lowest BCUT2D eigenvalue weighted by atomic mass is 9.87. The number of nitrogens with zero attached hydrogens (tertiary/aromatic N) is 10. The van der Waals surface area contributed by atoms with Crippen molar-refractivity contribution in [1.82, 2.24) is 47.5 Å². The van der Waals surface area contributed by atoms with Crippen molar-refractivity contribution in [3.05, 3.63) is 306 Å². The van der Waals surface area contributed by atoms with Crippen LogP contribution in [0.5, 0.6) is 17.2 Å². The smallest absolute Gasteiger partial charge is 0.145 e. The van der Waals surface area contributed by atoms with Gasteiger partial charge in [-0.05, 0) is 205 Å². The zero-order valence-corrected chi connectivity index (χ0v) is 71.2. The van der Waals surface area contributed by atoms with E-state index in [4.69, 9.17) is 24.7 Å². The van der Waals surface area contributed by atoms with E-state index < -0.39 is 0 Å². The van der Waals surface area contributed by atoms with Gasteiger partial charge in [-0.2, -0.15) is 0 Å². The van der Waals surface area contributed by atoms with Crippen molar-refractivity contribution in [2.24, 2.45) is 0 Å². The molecule has 121 heavy (non-hydrogen) atoms. The number of aryl methyl sites for hydroxylation is 1. The predicted molar refractivity (Wildman–Crippen MR) is 511 cm³/mol. The Balaban J connectivity index is 0.000000148. The number of phenols is 1. The van der Waals surface area contributed by atoms with Gasteiger partial charge in [0.15, 0.2) is 0 Å². The third kappa shape index (κ3) is 13.9. The van der Waals surface area contributed by atoms with Gasteiger partial charge in [-0.25, -0.2) is 19.9 Å². The number of hydrogen-bond acceptors (Lipinski definition) is 8. The molecule has 12 nitrogen and oxygen atoms in total. The van der Waals surface area contributed by atoms with Gasteiger partial charge in [0.1, 0.15) is 39.8 Å². The molecule has 0 radical (unpaired) electrons. The first-order valence-corrected chi connectivity index (χ1v) is 42.4. The molecule has 0 saturated carbocycles. The molecule has 1 N–H and O–H groups in total. The van der Waals surface area contributed by atoms with Crippen LogP contribution in [0.4, 0.5) is 0 Å². The average Bonchev–Trinajstić information content (AvgIpc) is 1.66. The fourth-order valence-corrected chi connectivity index (χ4v) is 18.8. The molecule has 0 unspecified atom stereocenters. The maximum absolute atomic E-state index is 10.2. The Kier molecular flexibility index (Phi) is 22.0. The van der Waals surface area contributed by atoms with Crippen molar-refractivity contribution in [1.29, 1.82) is 0 Å². The standard InChI is InChI=1S/C53H49N5O.C28H28N2.C26H25N3O.2CH4/c1-30(2)36-14-11-15-37(31(3)4)50(36)48-28-55-52-43-25-34(19-21-40(43)42-13-9-10-18-46(42)57(48)52)59-35-20-22-41-44(26-35)53-56-29-49(58(53)47-23-24-54-27-45(41)47)51-38(32(5)6)16-12-17-39(51)33(7)8;1-17(2)20-10-8-11-21(18(3)4)27(20)26-16-29-28-24-15-19(5)13-14-22(24)23-9-6-7-12-25(23)30(26)28;1-15(2)18-6-5-7-19(16(3)4)25(18)24-14-28-26-21-12-17(30)8-9-20(21)22-13-27-11-10-23(22)29(24)26;;/h9-33H,1-8H3;6-18H,1-5H3;5-16,30H,1-4H3;2*1H4. The maximum Gasteiger partial charge on any atom is 0.145 e. The maximum atomic E-state index is 10.2. The first kappa shape index (κ1) is 81.7. The molecule has 0 spiro atoms. The number of fused-ring (bicyclic) bond motifs is 24. The summed E-state index contributed by atoms with van der Waals surface area (Å²) in [5.41, 5.74) is 29.8. The van der Waals surface area contributed by atoms with Crippen LogP contribution in [-0.4, -0.2) is 52.6 Å². The van der Waals surface area contributed by atoms with E-state index >= 15 is 0 Å². The first-order chi connectivity index (χ1) is 57.5. The van der Waals surface area contributed by atoms with Crippen LogP contribution in [0.1, 0.15) is 223 Å². The Bertz CT molecular complexity index is 6860. The fraction of sp³-hybridized carbons (Fsp3) is 0.248. The van der Waals surface area contributed by atoms with Crippen molar-refractivity contribution >= 4 is 109 Å². The highest BCUT2D eigenvalue weighted by Gasteiger charge is 2.28. The van der Waals surface area contributed by atoms with Gasteiger partial charge in [-0.15, -0.1) is 0 Å². The normalized spacial score (nSPS) is 12.0. The predicted octanol–water partition coefficient (Wildman–Crippen LogP) is 30.4. The van der Waals surface area contributed by atoms with E-state index in [1.165, 1.54) is 105 Å². The van der Waals surface area contributed by atoms with Gasteiger partial charge in [0.2, 0.25) is 0 Å². The minimum atomic E-state index is 0. The molecule has 10 heterocycles. The van der Waals surface area contributed by atoms with Gasteiger partial charge in [0, 0.05) is 90.1 Å². The van der Waals surface area contributed by atoms with Crippen molar-refractivity contribution < 1.29 is 9.84 Å². The SMILES string of the molecule is C.C.CC(C)c1cccc(C(C)C)c1-c1cnc2c3cc(O)ccc3c3cnccc3n12.CC(C)c1cccc(C(C)C)c1-c1cnc2c3cc(Oc4ccc5c6cnccc6n6c(-c7c(C(C)C)cccc7C(C)C)cnc6c5c4)ccc3c3ccccc3n12.Cc1ccc2c3ccccc3n3c(-c4c(C(C)C)cccc4C(C)C)cnc3c2c1. The zero-order chi connectivity index (χ0) is 82.7. The van der Waals surface area contributed by atoms with E-state index in [0.717, 1.165) is 111 Å². The highest BCUT2D eigenvalue weighted by atomic mass is 16.5. The van der Waals surface area contributed by atoms with E-state index in [-0.39, 0.29) is 20.6 Å². The van der Waals surface area contributed by atoms with E-state index in [9.17, 15) is 5.11 Å². The summed E-state index contributed by atoms with van der Waals surface area (Å²) in [6.07, 6.45) is 15.8. The highest BCUT2D eigenvalue weighted by molar-refractivity contribution is 6.16. The van der Waals surface area contributed by atoms with E-state index in [2.05, 4.69) is 346 Å². The van der Waals surface area contributed by atoms with Gasteiger partial charge >= 0.3 is 0 Å². The van der Waals surface area contributed by atoms with Gasteiger partial charge in [0.05, 0.1) is 69.6 Å². The summed E-state index contributed by atoms with van der Waals surface area (Å²) in [4.78, 5) is 29.1. The molecule has 0 aliphatic rings. The van der Waals surface area contributed by atoms with E-state index in [0.29, 0.717) is 47.3 Å². The second kappa shape index (κ2) is 32.6. The van der Waals surface area contributed by atoms with Gasteiger partial charge in [0.25, 0.3) is 0 Å². The van der Waals surface area contributed by atoms with Crippen molar-refractivity contribution in [3.63, 3.8) is 0 Å². The average molecular weight is 1590 g/mol. The van der Waals surface area contributed by atoms with Gasteiger partial charge < -0.3 is 9.84 Å². The minimum absolute atomic E-state index is 0. The summed E-state index contributed by atoms with van der Waals surface area (Å²) in [5, 5.41) is 23.5. The van der Waals surface area contributed by atoms with Crippen LogP contribution < -0.4 is 4.74 Å². The van der Waals surface area contributed by atoms with Crippen LogP contribution in [0.3, 0.4) is 0 Å². The molecule has 0 saturated heterocycles. The van der Waals surface area contributed by atoms with E-state index in [1.807, 2.05) is 43.1 Å². The minimum Gasteiger partial charge on any atom is -0.508 e. The number of aromatic nitrogens is 10. The topological polar surface area (TPSA) is 124 Å². The molecule has 608 valence electrons. The molecule has 0 atom stereocenters. The Labute approximate surface area is 710 Å². The lowest BCUT2D eigenvalue weighted by molar-refractivity contribution is 0.476. The molecule has 0 fully saturated rings. The second-order valence-electron chi connectivity index (χ2n) is 34.8. The lowest BCUT2D eigenvalue weighted by Gasteiger charge is -2.20. The molecule has 20 rings (SSSR count). The van der Waals surface area contributed by atoms with Crippen molar-refractivity contribution in [2.75, 3.05) is 0 Å². The van der Waals surface area contributed by atoms with Gasteiger partial charge in [-0.1, -0.05) is 253 Å². The first-order valence-electron chi connectivity index (χ1n) is 42.4. The Morgan fingerprint density at radius 2 is 0.529 bits per heavy atom. The molecule has 10 aromatic carbocycles. The number of rotatable bonds is 14. The van der Waals surface area contributed by atoms with Crippen LogP contribution >= 0.6 is 0 Å². The summed E-state index contributed by atoms with van der Waals surface area (Å²) in [5.74, 6) is 4.82. The Hall–Kier alpha value is -13.1. The fourth-order valence-electron chi connectivity index (χ4n) is 18.8. The molecule has 10 aromatic heterocycles. The third-order valence-electron chi connectivity index (χ3n) is 24.5. The highest BCUT2D eigenvalue weighted by Crippen LogP contribution is 2.47. The number of benzene rings is 10. The van der Waals surface area contributed by atoms with Crippen LogP contribution in [0, 0.1) is 6.92 Å². The van der Waals surface area contributed by atoms with Crippen molar-refractivity contribution in [2.45, 2.75) is 180 Å². The number of pyridine rings is 6. The Morgan fingerprint density at radius 3 is 0.851 bits per heavy atom. The Morgan fingerprint density at radius 1 is 0.256 bits per heavy atom. The number of aromatic hydroxyl groups is 1. The molecule has 0 aliphatic carbocycles. The largest absolute Gasteiger partial charge is 0.508 e. The zero-order valence-electron chi connectivity index (χ0n) is 71.2. The molecular formula is C109H110N10O2. The van der Waals surface area contributed by atoms with Crippen LogP contribution in [-0.2, 0) is 0 Å². The van der Waals surface area contributed by atoms with Crippen molar-refractivity contribution in [3.8, 4) is 62.3 Å². The molecule has 12 heteroatoms. The summed E-state index contributed by atoms with van der Waals surface area (Å²) in [7, 11) is 0. The number of phenolic OH excluding ortho intramolecular Hbond substituents is 1. The summed E-state index contributed by atoms with van der Waals surface area (Å²) in [6.45, 7) is 38.4. The molecule has 20 aromatic rings. The summed E-state index contributed by atoms with van der Waals surface area (Å²) >= 11 is 0. The van der Waals surface area contributed by atoms with E-state index in [1.54, 1.807) is 12.1 Å². The quantitative estimate of drug-likeness (QED) is 0.107. The van der Waals surface area contributed by atoms with Crippen LogP contribution in [0.2, 0.25) is 0 Å². The molecule has 0 aliphatic heterocycles. The van der Waals surface area contributed by atoms with Crippen LogP contribution in [0.25, 0.3) is 154 Å². The number of para-hydroxylation sites is 2. The second-order valence-corrected chi connectivity index (χ2v) is 34.8. The molecular weight excluding hydrogens is 1480 g/mol. The molecule has 0 amide bonds. The van der Waals surface area contributed by atoms with Crippen LogP contribution in [0.15, 0.2) is 256 Å². The lowest BCUT2D eigenvalue weighted by Crippen LogP contribution is -2.02. The molecule has 0 bridgehead atoms. The van der Waals surface area contributed by atoms with Gasteiger partial charge in [-0.3, -0.25) is 27.6 Å². The number of ether oxygens (including phenoxy) is 1. The summed E-state index contributed by atoms with van der Waals surface area (Å²) in [6, 6.07) is 73.3. The third-order valence-corrected chi connectivity index (χ3v) is 24.5.